The normalized spacial score (nSPS) is 16.9. The lowest BCUT2D eigenvalue weighted by molar-refractivity contribution is -0.138. The number of hydrogen-bond donors (Lipinski definition) is 1. The van der Waals surface area contributed by atoms with E-state index in [0.29, 0.717) is 18.9 Å². The molecule has 0 unspecified atom stereocenters. The number of sulfonamides is 1. The van der Waals surface area contributed by atoms with Crippen LogP contribution in [0, 0.1) is 0 Å². The summed E-state index contributed by atoms with van der Waals surface area (Å²) in [6.07, 6.45) is -4.48. The van der Waals surface area contributed by atoms with Crippen LogP contribution in [0.3, 0.4) is 0 Å². The number of carbonyl (C=O) groups excluding carboxylic acids is 1. The largest absolute Gasteiger partial charge is 0.444 e. The van der Waals surface area contributed by atoms with Crippen LogP contribution >= 0.6 is 15.9 Å². The topological polar surface area (TPSA) is 75.7 Å². The zero-order valence-corrected chi connectivity index (χ0v) is 18.0. The smallest absolute Gasteiger partial charge is 0.417 e. The molecule has 1 N–H and O–H groups in total. The third-order valence-corrected chi connectivity index (χ3v) is 6.23. The molecule has 0 radical (unpaired) electrons. The molecule has 0 saturated carbocycles. The maximum absolute atomic E-state index is 13.0. The zero-order chi connectivity index (χ0) is 21.3. The molecular weight excluding hydrogens is 465 g/mol. The van der Waals surface area contributed by atoms with Crippen LogP contribution < -0.4 is 4.72 Å². The first-order chi connectivity index (χ1) is 12.7. The van der Waals surface area contributed by atoms with Crippen molar-refractivity contribution in [2.75, 3.05) is 13.1 Å². The fourth-order valence-electron chi connectivity index (χ4n) is 2.68. The van der Waals surface area contributed by atoms with E-state index in [-0.39, 0.29) is 17.6 Å². The summed E-state index contributed by atoms with van der Waals surface area (Å²) in [5, 5.41) is 0. The van der Waals surface area contributed by atoms with Crippen molar-refractivity contribution in [2.24, 2.45) is 0 Å². The molecule has 1 aromatic rings. The third kappa shape index (κ3) is 6.08. The van der Waals surface area contributed by atoms with Crippen LogP contribution in [0.25, 0.3) is 0 Å². The van der Waals surface area contributed by atoms with E-state index in [2.05, 4.69) is 20.7 Å². The molecule has 1 aliphatic rings. The van der Waals surface area contributed by atoms with Crippen molar-refractivity contribution in [1.82, 2.24) is 9.62 Å². The molecule has 0 atom stereocenters. The van der Waals surface area contributed by atoms with Crippen LogP contribution in [0.4, 0.5) is 18.0 Å². The first-order valence-electron chi connectivity index (χ1n) is 8.56. The monoisotopic (exact) mass is 486 g/mol. The van der Waals surface area contributed by atoms with Gasteiger partial charge in [0.1, 0.15) is 5.60 Å². The second-order valence-electron chi connectivity index (χ2n) is 7.50. The van der Waals surface area contributed by atoms with Crippen molar-refractivity contribution in [2.45, 2.75) is 56.3 Å². The van der Waals surface area contributed by atoms with Gasteiger partial charge in [-0.15, -0.1) is 0 Å². The van der Waals surface area contributed by atoms with Gasteiger partial charge in [-0.25, -0.2) is 17.9 Å². The molecule has 1 fully saturated rings. The number of amides is 1. The second-order valence-corrected chi connectivity index (χ2v) is 10.1. The summed E-state index contributed by atoms with van der Waals surface area (Å²) in [5.74, 6) is 0. The Hall–Kier alpha value is -1.33. The molecular formula is C17H22BrF3N2O4S. The van der Waals surface area contributed by atoms with Crippen molar-refractivity contribution < 1.29 is 31.1 Å². The highest BCUT2D eigenvalue weighted by Gasteiger charge is 2.35. The average Bonchev–Trinajstić information content (AvgIpc) is 2.52. The Labute approximate surface area is 170 Å². The molecule has 2 rings (SSSR count). The number of likely N-dealkylation sites (tertiary alicyclic amines) is 1. The average molecular weight is 487 g/mol. The predicted octanol–water partition coefficient (Wildman–Crippen LogP) is 4.15. The maximum atomic E-state index is 13.0. The van der Waals surface area contributed by atoms with E-state index in [1.165, 1.54) is 4.90 Å². The Morgan fingerprint density at radius 3 is 2.29 bits per heavy atom. The summed E-state index contributed by atoms with van der Waals surface area (Å²) in [6, 6.07) is 2.28. The van der Waals surface area contributed by atoms with Crippen LogP contribution in [0.5, 0.6) is 0 Å². The Morgan fingerprint density at radius 1 is 1.21 bits per heavy atom. The van der Waals surface area contributed by atoms with Gasteiger partial charge in [-0.2, -0.15) is 13.2 Å². The molecule has 6 nitrogen and oxygen atoms in total. The molecule has 0 bridgehead atoms. The van der Waals surface area contributed by atoms with Crippen molar-refractivity contribution in [3.05, 3.63) is 28.2 Å². The van der Waals surface area contributed by atoms with E-state index < -0.39 is 44.4 Å². The minimum absolute atomic E-state index is 0.232. The van der Waals surface area contributed by atoms with Crippen LogP contribution in [-0.2, 0) is 20.9 Å². The van der Waals surface area contributed by atoms with Gasteiger partial charge in [0.25, 0.3) is 0 Å². The molecule has 1 heterocycles. The molecule has 11 heteroatoms. The molecule has 158 valence electrons. The lowest BCUT2D eigenvalue weighted by Crippen LogP contribution is -2.47. The van der Waals surface area contributed by atoms with Gasteiger partial charge >= 0.3 is 12.3 Å². The van der Waals surface area contributed by atoms with Gasteiger partial charge in [0, 0.05) is 23.6 Å². The predicted molar refractivity (Wildman–Crippen MR) is 100 cm³/mol. The number of nitrogens with one attached hydrogen (secondary N) is 1. The number of nitrogens with zero attached hydrogens (tertiary/aromatic N) is 1. The zero-order valence-electron chi connectivity index (χ0n) is 15.6. The summed E-state index contributed by atoms with van der Waals surface area (Å²) >= 11 is 2.79. The Kier molecular flexibility index (Phi) is 6.72. The number of hydrogen-bond acceptors (Lipinski definition) is 4. The number of halogens is 4. The maximum Gasteiger partial charge on any atom is 0.417 e. The summed E-state index contributed by atoms with van der Waals surface area (Å²) in [6.45, 7) is 5.82. The third-order valence-electron chi connectivity index (χ3n) is 4.02. The lowest BCUT2D eigenvalue weighted by atomic mass is 10.1. The fourth-order valence-corrected chi connectivity index (χ4v) is 4.48. The lowest BCUT2D eigenvalue weighted by Gasteiger charge is -2.33. The van der Waals surface area contributed by atoms with E-state index in [9.17, 15) is 26.4 Å². The molecule has 1 amide bonds. The molecule has 1 aliphatic heterocycles. The molecule has 28 heavy (non-hydrogen) atoms. The Balaban J connectivity index is 2.04. The first kappa shape index (κ1) is 23.0. The van der Waals surface area contributed by atoms with Crippen LogP contribution in [0.15, 0.2) is 27.6 Å². The van der Waals surface area contributed by atoms with Gasteiger partial charge in [0.2, 0.25) is 10.0 Å². The summed E-state index contributed by atoms with van der Waals surface area (Å²) in [7, 11) is -4.13. The highest BCUT2D eigenvalue weighted by atomic mass is 79.9. The molecule has 0 spiro atoms. The van der Waals surface area contributed by atoms with E-state index in [1.807, 2.05) is 0 Å². The van der Waals surface area contributed by atoms with Gasteiger partial charge in [0.15, 0.2) is 0 Å². The SMILES string of the molecule is CC(C)(C)OC(=O)N1CCC(NS(=O)(=O)c2ccc(Br)c(C(F)(F)F)c2)CC1. The van der Waals surface area contributed by atoms with Gasteiger partial charge < -0.3 is 9.64 Å². The van der Waals surface area contributed by atoms with Gasteiger partial charge in [-0.05, 0) is 51.8 Å². The van der Waals surface area contributed by atoms with Gasteiger partial charge in [-0.1, -0.05) is 15.9 Å². The number of carbonyl (C=O) groups is 1. The van der Waals surface area contributed by atoms with Crippen LogP contribution in [-0.4, -0.2) is 44.1 Å². The van der Waals surface area contributed by atoms with Crippen molar-refractivity contribution in [1.29, 1.82) is 0 Å². The standard InChI is InChI=1S/C17H22BrF3N2O4S/c1-16(2,3)27-15(24)23-8-6-11(7-9-23)22-28(25,26)12-4-5-14(18)13(10-12)17(19,20)21/h4-5,10-11,22H,6-9H2,1-3H3. The second kappa shape index (κ2) is 8.19. The van der Waals surface area contributed by atoms with Crippen LogP contribution in [0.2, 0.25) is 0 Å². The number of benzene rings is 1. The highest BCUT2D eigenvalue weighted by molar-refractivity contribution is 9.10. The van der Waals surface area contributed by atoms with Crippen molar-refractivity contribution in [3.8, 4) is 0 Å². The summed E-state index contributed by atoms with van der Waals surface area (Å²) < 4.78 is 71.5. The summed E-state index contributed by atoms with van der Waals surface area (Å²) in [4.78, 5) is 13.1. The van der Waals surface area contributed by atoms with E-state index in [0.717, 1.165) is 12.1 Å². The quantitative estimate of drug-likeness (QED) is 0.696. The number of rotatable bonds is 3. The van der Waals surface area contributed by atoms with Gasteiger partial charge in [0.05, 0.1) is 10.5 Å². The Bertz CT molecular complexity index is 830. The van der Waals surface area contributed by atoms with Crippen molar-refractivity contribution >= 4 is 32.0 Å². The Morgan fingerprint density at radius 2 is 1.79 bits per heavy atom. The van der Waals surface area contributed by atoms with Crippen LogP contribution in [0.1, 0.15) is 39.2 Å². The van der Waals surface area contributed by atoms with E-state index >= 15 is 0 Å². The molecule has 0 aromatic heterocycles. The van der Waals surface area contributed by atoms with E-state index in [1.54, 1.807) is 20.8 Å². The van der Waals surface area contributed by atoms with Gasteiger partial charge in [-0.3, -0.25) is 0 Å². The minimum atomic E-state index is -4.68. The number of alkyl halides is 3. The van der Waals surface area contributed by atoms with E-state index in [4.69, 9.17) is 4.74 Å². The molecule has 1 saturated heterocycles. The molecule has 0 aliphatic carbocycles. The number of ether oxygens (including phenoxy) is 1. The fraction of sp³-hybridized carbons (Fsp3) is 0.588. The van der Waals surface area contributed by atoms with Crippen molar-refractivity contribution in [3.63, 3.8) is 0 Å². The minimum Gasteiger partial charge on any atom is -0.444 e. The summed E-state index contributed by atoms with van der Waals surface area (Å²) in [5.41, 5.74) is -1.69. The highest BCUT2D eigenvalue weighted by Crippen LogP contribution is 2.36. The number of piperidine rings is 1. The molecule has 1 aromatic carbocycles. The first-order valence-corrected chi connectivity index (χ1v) is 10.8.